The molecule has 1 aliphatic heterocycles. The van der Waals surface area contributed by atoms with E-state index in [2.05, 4.69) is 9.97 Å². The Bertz CT molecular complexity index is 834. The number of nitrogens with one attached hydrogen (secondary N) is 1. The van der Waals surface area contributed by atoms with Crippen molar-refractivity contribution in [1.29, 1.82) is 0 Å². The average Bonchev–Trinajstić information content (AvgIpc) is 3.08. The summed E-state index contributed by atoms with van der Waals surface area (Å²) in [6, 6.07) is 4.28. The molecule has 3 rings (SSSR count). The van der Waals surface area contributed by atoms with Crippen molar-refractivity contribution in [2.45, 2.75) is 19.1 Å². The molecule has 1 aliphatic rings. The van der Waals surface area contributed by atoms with Crippen LogP contribution in [0.15, 0.2) is 30.6 Å². The van der Waals surface area contributed by atoms with Crippen LogP contribution in [0, 0.1) is 0 Å². The highest BCUT2D eigenvalue weighted by molar-refractivity contribution is 6.27. The number of fused-ring (bicyclic) bond motifs is 1. The Morgan fingerprint density at radius 3 is 2.19 bits per heavy atom. The highest BCUT2D eigenvalue weighted by Gasteiger charge is 2.30. The molecule has 2 heterocycles. The smallest absolute Gasteiger partial charge is 0.416 e. The first kappa shape index (κ1) is 19.9. The van der Waals surface area contributed by atoms with Gasteiger partial charge in [-0.2, -0.15) is 13.2 Å². The molecule has 0 fully saturated rings. The second-order valence-corrected chi connectivity index (χ2v) is 5.49. The fourth-order valence-electron chi connectivity index (χ4n) is 2.37. The Morgan fingerprint density at radius 1 is 1.07 bits per heavy atom. The molecule has 11 heteroatoms. The number of carboxylic acid groups (broad SMARTS) is 2. The molecule has 144 valence electrons. The predicted octanol–water partition coefficient (Wildman–Crippen LogP) is 1.78. The fourth-order valence-corrected chi connectivity index (χ4v) is 2.37. The van der Waals surface area contributed by atoms with Crippen LogP contribution in [0.1, 0.15) is 27.3 Å². The first-order valence-corrected chi connectivity index (χ1v) is 7.53. The van der Waals surface area contributed by atoms with Gasteiger partial charge < -0.3 is 20.1 Å². The molecular weight excluding hydrogens is 371 g/mol. The van der Waals surface area contributed by atoms with Crippen LogP contribution in [0.4, 0.5) is 13.2 Å². The standard InChI is InChI=1S/C14H12F3N3O.C2H2O4/c15-14(16,17)10-3-1-9(2-4-10)13(21)20-6-5-11-12(7-20)19-8-18-11;3-1(4)2(5)6/h1-4,8H,5-7H2,(H,18,19);(H,3,4)(H,5,6). The Labute approximate surface area is 150 Å². The second kappa shape index (κ2) is 7.89. The summed E-state index contributed by atoms with van der Waals surface area (Å²) in [5, 5.41) is 14.8. The van der Waals surface area contributed by atoms with Crippen LogP contribution in [0.25, 0.3) is 0 Å². The van der Waals surface area contributed by atoms with Gasteiger partial charge in [0.15, 0.2) is 0 Å². The molecule has 0 spiro atoms. The number of aromatic nitrogens is 2. The Kier molecular flexibility index (Phi) is 5.83. The largest absolute Gasteiger partial charge is 0.473 e. The van der Waals surface area contributed by atoms with Gasteiger partial charge in [0.05, 0.1) is 24.1 Å². The number of carbonyl (C=O) groups is 3. The minimum Gasteiger partial charge on any atom is -0.473 e. The lowest BCUT2D eigenvalue weighted by atomic mass is 10.1. The van der Waals surface area contributed by atoms with Crippen LogP contribution in [0.2, 0.25) is 0 Å². The number of carboxylic acids is 2. The van der Waals surface area contributed by atoms with E-state index in [0.29, 0.717) is 19.5 Å². The summed E-state index contributed by atoms with van der Waals surface area (Å²) >= 11 is 0. The van der Waals surface area contributed by atoms with Gasteiger partial charge in [0.25, 0.3) is 5.91 Å². The molecule has 1 aromatic carbocycles. The summed E-state index contributed by atoms with van der Waals surface area (Å²) in [5.74, 6) is -3.93. The molecule has 0 bridgehead atoms. The van der Waals surface area contributed by atoms with Gasteiger partial charge >= 0.3 is 18.1 Å². The minimum absolute atomic E-state index is 0.252. The summed E-state index contributed by atoms with van der Waals surface area (Å²) in [4.78, 5) is 39.2. The van der Waals surface area contributed by atoms with Crippen molar-refractivity contribution in [3.63, 3.8) is 0 Å². The molecule has 1 amide bonds. The van der Waals surface area contributed by atoms with Gasteiger partial charge in [-0.15, -0.1) is 0 Å². The molecule has 0 unspecified atom stereocenters. The van der Waals surface area contributed by atoms with Crippen molar-refractivity contribution in [3.05, 3.63) is 53.1 Å². The number of nitrogens with zero attached hydrogens (tertiary/aromatic N) is 2. The number of amides is 1. The number of aromatic amines is 1. The van der Waals surface area contributed by atoms with Crippen molar-refractivity contribution in [2.24, 2.45) is 0 Å². The number of halogens is 3. The van der Waals surface area contributed by atoms with Gasteiger partial charge in [-0.1, -0.05) is 0 Å². The molecule has 1 aromatic heterocycles. The Morgan fingerprint density at radius 2 is 1.67 bits per heavy atom. The van der Waals surface area contributed by atoms with Crippen molar-refractivity contribution in [1.82, 2.24) is 14.9 Å². The summed E-state index contributed by atoms with van der Waals surface area (Å²) in [5.41, 5.74) is 1.31. The van der Waals surface area contributed by atoms with E-state index >= 15 is 0 Å². The van der Waals surface area contributed by atoms with Crippen LogP contribution in [-0.2, 0) is 28.7 Å². The number of imidazole rings is 1. The number of benzene rings is 1. The topological polar surface area (TPSA) is 124 Å². The normalized spacial score (nSPS) is 13.2. The molecule has 8 nitrogen and oxygen atoms in total. The monoisotopic (exact) mass is 385 g/mol. The Hall–Kier alpha value is -3.37. The van der Waals surface area contributed by atoms with E-state index in [1.54, 1.807) is 11.2 Å². The van der Waals surface area contributed by atoms with Crippen LogP contribution in [0.3, 0.4) is 0 Å². The van der Waals surface area contributed by atoms with Crippen molar-refractivity contribution in [3.8, 4) is 0 Å². The number of carbonyl (C=O) groups excluding carboxylic acids is 1. The number of hydrogen-bond donors (Lipinski definition) is 3. The summed E-state index contributed by atoms with van der Waals surface area (Å²) in [6.45, 7) is 0.897. The molecule has 0 radical (unpaired) electrons. The summed E-state index contributed by atoms with van der Waals surface area (Å²) in [7, 11) is 0. The molecule has 2 aromatic rings. The molecule has 3 N–H and O–H groups in total. The maximum absolute atomic E-state index is 12.5. The molecule has 0 saturated carbocycles. The zero-order valence-electron chi connectivity index (χ0n) is 13.7. The first-order valence-electron chi connectivity index (χ1n) is 7.53. The third-order valence-corrected chi connectivity index (χ3v) is 3.71. The van der Waals surface area contributed by atoms with Crippen LogP contribution < -0.4 is 0 Å². The third-order valence-electron chi connectivity index (χ3n) is 3.71. The van der Waals surface area contributed by atoms with E-state index in [-0.39, 0.29) is 11.5 Å². The first-order chi connectivity index (χ1) is 12.6. The van der Waals surface area contributed by atoms with Gasteiger partial charge in [0.1, 0.15) is 0 Å². The molecular formula is C16H14F3N3O5. The quantitative estimate of drug-likeness (QED) is 0.643. The number of alkyl halides is 3. The predicted molar refractivity (Wildman–Crippen MR) is 83.7 cm³/mol. The summed E-state index contributed by atoms with van der Waals surface area (Å²) in [6.07, 6.45) is -2.14. The van der Waals surface area contributed by atoms with Crippen molar-refractivity contribution < 1.29 is 37.8 Å². The highest BCUT2D eigenvalue weighted by atomic mass is 19.4. The van der Waals surface area contributed by atoms with E-state index in [9.17, 15) is 18.0 Å². The third kappa shape index (κ3) is 5.06. The molecule has 0 saturated heterocycles. The van der Waals surface area contributed by atoms with Crippen LogP contribution in [-0.4, -0.2) is 49.5 Å². The zero-order chi connectivity index (χ0) is 20.2. The lowest BCUT2D eigenvalue weighted by Crippen LogP contribution is -2.36. The Balaban J connectivity index is 0.000000380. The lowest BCUT2D eigenvalue weighted by molar-refractivity contribution is -0.159. The van der Waals surface area contributed by atoms with E-state index < -0.39 is 23.7 Å². The molecule has 27 heavy (non-hydrogen) atoms. The van der Waals surface area contributed by atoms with Gasteiger partial charge in [-0.25, -0.2) is 14.6 Å². The van der Waals surface area contributed by atoms with Gasteiger partial charge in [-0.3, -0.25) is 4.79 Å². The molecule has 0 atom stereocenters. The maximum atomic E-state index is 12.5. The van der Waals surface area contributed by atoms with E-state index in [1.165, 1.54) is 12.1 Å². The highest BCUT2D eigenvalue weighted by Crippen LogP contribution is 2.29. The maximum Gasteiger partial charge on any atom is 0.416 e. The van der Waals surface area contributed by atoms with Gasteiger partial charge in [0.2, 0.25) is 0 Å². The van der Waals surface area contributed by atoms with Crippen molar-refractivity contribution >= 4 is 17.8 Å². The fraction of sp³-hybridized carbons (Fsp3) is 0.250. The van der Waals surface area contributed by atoms with Gasteiger partial charge in [0, 0.05) is 24.2 Å². The van der Waals surface area contributed by atoms with E-state index in [1.807, 2.05) is 0 Å². The minimum atomic E-state index is -4.39. The van der Waals surface area contributed by atoms with E-state index in [0.717, 1.165) is 23.5 Å². The lowest BCUT2D eigenvalue weighted by Gasteiger charge is -2.26. The van der Waals surface area contributed by atoms with Gasteiger partial charge in [-0.05, 0) is 24.3 Å². The van der Waals surface area contributed by atoms with Crippen LogP contribution in [0.5, 0.6) is 0 Å². The van der Waals surface area contributed by atoms with Crippen LogP contribution >= 0.6 is 0 Å². The SMILES string of the molecule is O=C(O)C(=O)O.O=C(c1ccc(C(F)(F)F)cc1)N1CCc2[nH]cnc2C1. The number of hydrogen-bond acceptors (Lipinski definition) is 4. The zero-order valence-corrected chi connectivity index (χ0v) is 13.7. The molecule has 0 aliphatic carbocycles. The van der Waals surface area contributed by atoms with Crippen molar-refractivity contribution in [2.75, 3.05) is 6.54 Å². The second-order valence-electron chi connectivity index (χ2n) is 5.49. The number of H-pyrrole nitrogens is 1. The summed E-state index contributed by atoms with van der Waals surface area (Å²) < 4.78 is 37.5. The average molecular weight is 385 g/mol. The number of aliphatic carboxylic acids is 2. The van der Waals surface area contributed by atoms with E-state index in [4.69, 9.17) is 19.8 Å². The number of rotatable bonds is 1.